The third-order valence-electron chi connectivity index (χ3n) is 2.77. The molecule has 1 heterocycles. The van der Waals surface area contributed by atoms with Crippen molar-refractivity contribution < 1.29 is 19.1 Å². The molecule has 2 rings (SSSR count). The number of para-hydroxylation sites is 1. The van der Waals surface area contributed by atoms with Gasteiger partial charge in [-0.3, -0.25) is 19.4 Å². The van der Waals surface area contributed by atoms with Gasteiger partial charge in [-0.15, -0.1) is 0 Å². The van der Waals surface area contributed by atoms with Gasteiger partial charge in [0, 0.05) is 16.9 Å². The highest BCUT2D eigenvalue weighted by molar-refractivity contribution is 6.30. The first-order valence-electron chi connectivity index (χ1n) is 6.95. The molecule has 7 nitrogen and oxygen atoms in total. The number of hydrogen-bond acceptors (Lipinski definition) is 5. The number of nitrogens with one attached hydrogen (secondary N) is 2. The highest BCUT2D eigenvalue weighted by Crippen LogP contribution is 2.07. The van der Waals surface area contributed by atoms with Gasteiger partial charge in [-0.25, -0.2) is 0 Å². The maximum absolute atomic E-state index is 11.8. The van der Waals surface area contributed by atoms with E-state index in [1.54, 1.807) is 24.3 Å². The Hall–Kier alpha value is -2.93. The molecule has 0 saturated carbocycles. The van der Waals surface area contributed by atoms with Crippen molar-refractivity contribution in [2.45, 2.75) is 0 Å². The number of carbonyl (C=O) groups is 3. The Kier molecular flexibility index (Phi) is 6.27. The molecule has 2 N–H and O–H groups in total. The van der Waals surface area contributed by atoms with Crippen molar-refractivity contribution in [1.29, 1.82) is 0 Å². The second-order valence-electron chi connectivity index (χ2n) is 4.62. The number of nitrogens with zero attached hydrogens (tertiary/aromatic N) is 1. The normalized spacial score (nSPS) is 9.88. The summed E-state index contributed by atoms with van der Waals surface area (Å²) < 4.78 is 4.77. The number of esters is 1. The fourth-order valence-electron chi connectivity index (χ4n) is 1.69. The molecule has 0 aliphatic carbocycles. The van der Waals surface area contributed by atoms with E-state index in [4.69, 9.17) is 16.3 Å². The Balaban J connectivity index is 1.71. The van der Waals surface area contributed by atoms with Gasteiger partial charge in [0.25, 0.3) is 11.8 Å². The maximum atomic E-state index is 11.8. The number of benzene rings is 1. The number of hydrogen-bond donors (Lipinski definition) is 2. The maximum Gasteiger partial charge on any atom is 0.325 e. The molecule has 2 aromatic rings. The van der Waals surface area contributed by atoms with Crippen LogP contribution in [-0.4, -0.2) is 35.9 Å². The summed E-state index contributed by atoms with van der Waals surface area (Å²) in [6, 6.07) is 11.7. The first kappa shape index (κ1) is 17.4. The van der Waals surface area contributed by atoms with E-state index < -0.39 is 24.4 Å². The smallest absolute Gasteiger partial charge is 0.325 e. The van der Waals surface area contributed by atoms with Crippen molar-refractivity contribution >= 4 is 35.1 Å². The van der Waals surface area contributed by atoms with E-state index in [2.05, 4.69) is 15.6 Å². The molecule has 0 bridgehead atoms. The molecule has 0 atom stereocenters. The van der Waals surface area contributed by atoms with Crippen molar-refractivity contribution in [2.24, 2.45) is 0 Å². The summed E-state index contributed by atoms with van der Waals surface area (Å²) in [5, 5.41) is 5.26. The molecule has 1 aromatic heterocycles. The minimum absolute atomic E-state index is 0.0807. The molecular formula is C16H14ClN3O4. The molecule has 8 heteroatoms. The Morgan fingerprint density at radius 3 is 2.58 bits per heavy atom. The van der Waals surface area contributed by atoms with Crippen LogP contribution in [-0.2, 0) is 14.3 Å². The molecule has 0 unspecified atom stereocenters. The van der Waals surface area contributed by atoms with Crippen molar-refractivity contribution in [3.63, 3.8) is 0 Å². The summed E-state index contributed by atoms with van der Waals surface area (Å²) in [5.74, 6) is -1.78. The van der Waals surface area contributed by atoms with Crippen LogP contribution in [0.25, 0.3) is 0 Å². The van der Waals surface area contributed by atoms with Crippen molar-refractivity contribution in [3.8, 4) is 0 Å². The fourth-order valence-corrected chi connectivity index (χ4v) is 1.85. The van der Waals surface area contributed by atoms with Gasteiger partial charge in [-0.2, -0.15) is 0 Å². The molecule has 1 aromatic carbocycles. The van der Waals surface area contributed by atoms with Crippen LogP contribution in [0, 0.1) is 0 Å². The van der Waals surface area contributed by atoms with Gasteiger partial charge in [0.05, 0.1) is 0 Å². The molecular weight excluding hydrogens is 334 g/mol. The van der Waals surface area contributed by atoms with Crippen LogP contribution in [0.2, 0.25) is 5.02 Å². The lowest BCUT2D eigenvalue weighted by Crippen LogP contribution is -2.32. The topological polar surface area (TPSA) is 97.4 Å². The van der Waals surface area contributed by atoms with Crippen molar-refractivity contribution in [2.75, 3.05) is 18.5 Å². The predicted octanol–water partition coefficient (Wildman–Crippen LogP) is 1.65. The molecule has 0 radical (unpaired) electrons. The van der Waals surface area contributed by atoms with Gasteiger partial charge in [0.2, 0.25) is 0 Å². The number of carbonyl (C=O) groups excluding carboxylic acids is 3. The van der Waals surface area contributed by atoms with Crippen LogP contribution >= 0.6 is 11.6 Å². The average Bonchev–Trinajstić information content (AvgIpc) is 2.58. The van der Waals surface area contributed by atoms with Gasteiger partial charge in [0.1, 0.15) is 12.2 Å². The number of ether oxygens (including phenoxy) is 1. The van der Waals surface area contributed by atoms with Gasteiger partial charge in [-0.1, -0.05) is 29.8 Å². The molecule has 24 heavy (non-hydrogen) atoms. The number of pyridine rings is 1. The Morgan fingerprint density at radius 1 is 1.12 bits per heavy atom. The van der Waals surface area contributed by atoms with Crippen molar-refractivity contribution in [1.82, 2.24) is 10.3 Å². The number of aromatic nitrogens is 1. The van der Waals surface area contributed by atoms with Crippen LogP contribution in [0.3, 0.4) is 0 Å². The summed E-state index contributed by atoms with van der Waals surface area (Å²) in [4.78, 5) is 38.7. The minimum atomic E-state index is -0.742. The fraction of sp³-hybridized carbons (Fsp3) is 0.125. The van der Waals surface area contributed by atoms with E-state index in [1.807, 2.05) is 6.07 Å². The largest absolute Gasteiger partial charge is 0.454 e. The molecule has 0 fully saturated rings. The van der Waals surface area contributed by atoms with Gasteiger partial charge >= 0.3 is 5.97 Å². The number of halogens is 1. The number of anilines is 1. The second kappa shape index (κ2) is 8.64. The van der Waals surface area contributed by atoms with Gasteiger partial charge in [0.15, 0.2) is 6.61 Å². The Morgan fingerprint density at radius 2 is 1.88 bits per heavy atom. The van der Waals surface area contributed by atoms with Gasteiger partial charge < -0.3 is 15.4 Å². The predicted molar refractivity (Wildman–Crippen MR) is 87.6 cm³/mol. The van der Waals surface area contributed by atoms with E-state index >= 15 is 0 Å². The van der Waals surface area contributed by atoms with Crippen LogP contribution < -0.4 is 10.6 Å². The second-order valence-corrected chi connectivity index (χ2v) is 5.05. The zero-order valence-electron chi connectivity index (χ0n) is 12.5. The SMILES string of the molecule is O=C(COC(=O)CNC(=O)c1cc(Cl)ccn1)Nc1ccccc1. The lowest BCUT2D eigenvalue weighted by molar-refractivity contribution is -0.146. The number of rotatable bonds is 6. The first-order valence-corrected chi connectivity index (χ1v) is 7.32. The van der Waals surface area contributed by atoms with Gasteiger partial charge in [-0.05, 0) is 24.3 Å². The highest BCUT2D eigenvalue weighted by Gasteiger charge is 2.12. The minimum Gasteiger partial charge on any atom is -0.454 e. The van der Waals surface area contributed by atoms with Crippen LogP contribution in [0.5, 0.6) is 0 Å². The summed E-state index contributed by atoms with van der Waals surface area (Å²) in [7, 11) is 0. The quantitative estimate of drug-likeness (QED) is 0.774. The third kappa shape index (κ3) is 5.69. The summed E-state index contributed by atoms with van der Waals surface area (Å²) in [6.45, 7) is -0.829. The zero-order valence-corrected chi connectivity index (χ0v) is 13.2. The van der Waals surface area contributed by atoms with Crippen molar-refractivity contribution in [3.05, 3.63) is 59.4 Å². The molecule has 124 valence electrons. The van der Waals surface area contributed by atoms with E-state index in [-0.39, 0.29) is 12.2 Å². The standard InChI is InChI=1S/C16H14ClN3O4/c17-11-6-7-18-13(8-11)16(23)19-9-15(22)24-10-14(21)20-12-4-2-1-3-5-12/h1-8H,9-10H2,(H,19,23)(H,20,21). The Bertz CT molecular complexity index is 737. The van der Waals surface area contributed by atoms with Crippen LogP contribution in [0.4, 0.5) is 5.69 Å². The first-order chi connectivity index (χ1) is 11.5. The van der Waals surface area contributed by atoms with E-state index in [1.165, 1.54) is 18.3 Å². The average molecular weight is 348 g/mol. The Labute approximate surface area is 143 Å². The summed E-state index contributed by atoms with van der Waals surface area (Å²) in [6.07, 6.45) is 1.38. The third-order valence-corrected chi connectivity index (χ3v) is 3.00. The van der Waals surface area contributed by atoms with Crippen LogP contribution in [0.15, 0.2) is 48.7 Å². The summed E-state index contributed by atoms with van der Waals surface area (Å²) >= 11 is 5.75. The highest BCUT2D eigenvalue weighted by atomic mass is 35.5. The molecule has 0 saturated heterocycles. The van der Waals surface area contributed by atoms with Crippen LogP contribution in [0.1, 0.15) is 10.5 Å². The van der Waals surface area contributed by atoms with E-state index in [9.17, 15) is 14.4 Å². The lowest BCUT2D eigenvalue weighted by Gasteiger charge is -2.07. The monoisotopic (exact) mass is 347 g/mol. The zero-order chi connectivity index (χ0) is 17.4. The molecule has 0 aliphatic heterocycles. The molecule has 0 aliphatic rings. The number of amides is 2. The molecule has 0 spiro atoms. The molecule has 2 amide bonds. The van der Waals surface area contributed by atoms with E-state index in [0.717, 1.165) is 0 Å². The van der Waals surface area contributed by atoms with E-state index in [0.29, 0.717) is 10.7 Å². The summed E-state index contributed by atoms with van der Waals surface area (Å²) in [5.41, 5.74) is 0.677. The lowest BCUT2D eigenvalue weighted by atomic mass is 10.3.